The minimum absolute atomic E-state index is 0.214. The maximum atomic E-state index is 12.7. The zero-order valence-electron chi connectivity index (χ0n) is 27.4. The molecule has 0 aromatic carbocycles. The van der Waals surface area contributed by atoms with E-state index in [1.54, 1.807) is 6.08 Å². The lowest BCUT2D eigenvalue weighted by Crippen LogP contribution is -2.64. The molecule has 0 bridgehead atoms. The van der Waals surface area contributed by atoms with Gasteiger partial charge in [0.2, 0.25) is 5.91 Å². The van der Waals surface area contributed by atoms with Crippen molar-refractivity contribution in [1.29, 1.82) is 0 Å². The molecule has 6 unspecified atom stereocenters. The molecule has 0 spiro atoms. The van der Waals surface area contributed by atoms with Gasteiger partial charge in [-0.15, -0.1) is 0 Å². The van der Waals surface area contributed by atoms with Crippen LogP contribution in [0.15, 0.2) is 12.2 Å². The number of rotatable bonds is 26. The number of allylic oxidation sites excluding steroid dienone is 1. The van der Waals surface area contributed by atoms with E-state index in [1.807, 2.05) is 0 Å². The molecule has 1 aliphatic rings. The minimum Gasteiger partial charge on any atom is -0.387 e. The summed E-state index contributed by atoms with van der Waals surface area (Å²) < 4.78 is 22.6. The van der Waals surface area contributed by atoms with Crippen LogP contribution in [0, 0.1) is 0 Å². The maximum absolute atomic E-state index is 12.7. The van der Waals surface area contributed by atoms with Crippen LogP contribution in [0.2, 0.25) is 0 Å². The largest absolute Gasteiger partial charge is 0.472 e. The summed E-state index contributed by atoms with van der Waals surface area (Å²) in [6, 6.07) is -1.11. The van der Waals surface area contributed by atoms with Gasteiger partial charge in [0, 0.05) is 6.42 Å². The predicted octanol–water partition coefficient (Wildman–Crippen LogP) is 3.77. The Labute approximate surface area is 269 Å². The van der Waals surface area contributed by atoms with Gasteiger partial charge in [0.15, 0.2) is 0 Å². The third kappa shape index (κ3) is 17.7. The molecule has 13 heteroatoms. The van der Waals surface area contributed by atoms with Gasteiger partial charge in [-0.25, -0.2) is 4.57 Å². The van der Waals surface area contributed by atoms with Crippen molar-refractivity contribution in [1.82, 2.24) is 5.32 Å². The van der Waals surface area contributed by atoms with Crippen LogP contribution in [0.25, 0.3) is 0 Å². The first-order valence-corrected chi connectivity index (χ1v) is 18.6. The summed E-state index contributed by atoms with van der Waals surface area (Å²) in [4.78, 5) is 23.0. The number of aliphatic hydroxyl groups is 6. The van der Waals surface area contributed by atoms with Crippen LogP contribution in [0.3, 0.4) is 0 Å². The summed E-state index contributed by atoms with van der Waals surface area (Å²) in [5.74, 6) is -0.350. The van der Waals surface area contributed by atoms with Crippen LogP contribution in [-0.2, 0) is 18.4 Å². The number of amides is 1. The lowest BCUT2D eigenvalue weighted by Gasteiger charge is -2.41. The first kappa shape index (κ1) is 42.1. The Morgan fingerprint density at radius 3 is 1.69 bits per heavy atom. The van der Waals surface area contributed by atoms with Crippen molar-refractivity contribution >= 4 is 13.7 Å². The molecule has 0 radical (unpaired) electrons. The number of aliphatic hydroxyl groups excluding tert-OH is 6. The normalized spacial score (nSPS) is 26.5. The van der Waals surface area contributed by atoms with Gasteiger partial charge in [-0.2, -0.15) is 0 Å². The van der Waals surface area contributed by atoms with Gasteiger partial charge in [0.25, 0.3) is 0 Å². The van der Waals surface area contributed by atoms with Crippen LogP contribution < -0.4 is 5.32 Å². The number of unbranched alkanes of at least 4 members (excludes halogenated alkanes) is 15. The van der Waals surface area contributed by atoms with Crippen LogP contribution in [0.4, 0.5) is 0 Å². The summed E-state index contributed by atoms with van der Waals surface area (Å²) in [5.41, 5.74) is 0. The van der Waals surface area contributed by atoms with Crippen molar-refractivity contribution in [3.63, 3.8) is 0 Å². The summed E-state index contributed by atoms with van der Waals surface area (Å²) in [6.07, 6.45) is 9.06. The Morgan fingerprint density at radius 1 is 0.733 bits per heavy atom. The van der Waals surface area contributed by atoms with E-state index in [4.69, 9.17) is 9.05 Å². The molecular weight excluding hydrogens is 605 g/mol. The molecule has 1 aliphatic carbocycles. The lowest BCUT2D eigenvalue weighted by molar-refractivity contribution is -0.220. The van der Waals surface area contributed by atoms with Crippen molar-refractivity contribution in [3.05, 3.63) is 12.2 Å². The highest BCUT2D eigenvalue weighted by atomic mass is 31.2. The molecule has 45 heavy (non-hydrogen) atoms. The van der Waals surface area contributed by atoms with E-state index in [0.717, 1.165) is 44.9 Å². The van der Waals surface area contributed by atoms with Crippen molar-refractivity contribution in [2.45, 2.75) is 178 Å². The molecule has 0 saturated heterocycles. The Morgan fingerprint density at radius 2 is 1.18 bits per heavy atom. The van der Waals surface area contributed by atoms with E-state index in [1.165, 1.54) is 63.9 Å². The Bertz CT molecular complexity index is 832. The zero-order chi connectivity index (χ0) is 33.7. The average Bonchev–Trinajstić information content (AvgIpc) is 3.01. The van der Waals surface area contributed by atoms with Crippen LogP contribution in [-0.4, -0.2) is 96.8 Å². The molecule has 1 rings (SSSR count). The van der Waals surface area contributed by atoms with Gasteiger partial charge in [0.05, 0.1) is 18.8 Å². The number of hydrogen-bond acceptors (Lipinski definition) is 10. The van der Waals surface area contributed by atoms with Gasteiger partial charge in [-0.3, -0.25) is 13.8 Å². The van der Waals surface area contributed by atoms with Crippen LogP contribution in [0.5, 0.6) is 0 Å². The van der Waals surface area contributed by atoms with E-state index in [2.05, 4.69) is 19.2 Å². The highest BCUT2D eigenvalue weighted by Gasteiger charge is 2.51. The highest BCUT2D eigenvalue weighted by molar-refractivity contribution is 7.47. The smallest absolute Gasteiger partial charge is 0.387 e. The van der Waals surface area contributed by atoms with E-state index >= 15 is 0 Å². The number of phosphoric acid groups is 1. The second-order valence-corrected chi connectivity index (χ2v) is 13.8. The summed E-state index contributed by atoms with van der Waals surface area (Å²) in [5, 5.41) is 63.3. The van der Waals surface area contributed by atoms with Crippen molar-refractivity contribution < 1.29 is 53.9 Å². The summed E-state index contributed by atoms with van der Waals surface area (Å²) >= 11 is 0. The van der Waals surface area contributed by atoms with Crippen molar-refractivity contribution in [3.8, 4) is 0 Å². The third-order valence-corrected chi connectivity index (χ3v) is 9.30. The van der Waals surface area contributed by atoms with Gasteiger partial charge >= 0.3 is 7.82 Å². The number of nitrogens with one attached hydrogen (secondary N) is 1. The number of hydrogen-bond donors (Lipinski definition) is 8. The van der Waals surface area contributed by atoms with Gasteiger partial charge in [0.1, 0.15) is 36.6 Å². The summed E-state index contributed by atoms with van der Waals surface area (Å²) in [7, 11) is -5.05. The van der Waals surface area contributed by atoms with E-state index in [9.17, 15) is 44.9 Å². The van der Waals surface area contributed by atoms with Crippen molar-refractivity contribution in [2.75, 3.05) is 6.61 Å². The molecule has 0 heterocycles. The first-order valence-electron chi connectivity index (χ1n) is 17.1. The molecule has 0 aliphatic heterocycles. The highest BCUT2D eigenvalue weighted by Crippen LogP contribution is 2.47. The first-order chi connectivity index (χ1) is 21.4. The second kappa shape index (κ2) is 24.3. The Hall–Kier alpha value is -0.920. The summed E-state index contributed by atoms with van der Waals surface area (Å²) in [6.45, 7) is 3.71. The average molecular weight is 668 g/mol. The molecular formula is C32H62NO11P. The Balaban J connectivity index is 2.69. The molecule has 1 amide bonds. The topological polar surface area (TPSA) is 206 Å². The second-order valence-electron chi connectivity index (χ2n) is 12.4. The molecule has 1 saturated carbocycles. The van der Waals surface area contributed by atoms with E-state index in [-0.39, 0.29) is 12.3 Å². The van der Waals surface area contributed by atoms with E-state index < -0.39 is 63.2 Å². The number of carbonyl (C=O) groups excluding carboxylic acids is 1. The fourth-order valence-corrected chi connectivity index (χ4v) is 6.34. The molecule has 8 N–H and O–H groups in total. The zero-order valence-corrected chi connectivity index (χ0v) is 28.3. The third-order valence-electron chi connectivity index (χ3n) is 8.32. The molecule has 0 aromatic heterocycles. The molecule has 266 valence electrons. The SMILES string of the molecule is CCCCCCCCCC/C=C/[C@@H](O)[C@H](COP(=O)(O)OC1C(O)C(O)C(O)[C@@H](O)C1O)NC(=O)CCCCCCCCCC. The van der Waals surface area contributed by atoms with Crippen LogP contribution in [0.1, 0.15) is 129 Å². The molecule has 1 fully saturated rings. The van der Waals surface area contributed by atoms with E-state index in [0.29, 0.717) is 6.42 Å². The maximum Gasteiger partial charge on any atom is 0.472 e. The van der Waals surface area contributed by atoms with Gasteiger partial charge in [-0.1, -0.05) is 116 Å². The fraction of sp³-hybridized carbons (Fsp3) is 0.906. The minimum atomic E-state index is -5.05. The molecule has 12 nitrogen and oxygen atoms in total. The van der Waals surface area contributed by atoms with Gasteiger partial charge in [-0.05, 0) is 19.3 Å². The monoisotopic (exact) mass is 667 g/mol. The number of phosphoric ester groups is 1. The standard InChI is InChI=1S/C32H62NO11P/c1-3-5-7-9-11-13-14-15-17-19-21-25(34)24(33-26(35)22-20-18-16-12-10-8-6-4-2)23-43-45(41,42)44-32-30(39)28(37)27(36)29(38)31(32)40/h19,21,24-25,27-32,34,36-40H,3-18,20,22-23H2,1-2H3,(H,33,35)(H,41,42)/b21-19+/t24-,25+,27?,28+,29?,30?,31?,32?/m0/s1. The lowest BCUT2D eigenvalue weighted by atomic mass is 9.85. The quantitative estimate of drug-likeness (QED) is 0.0379. The van der Waals surface area contributed by atoms with Crippen molar-refractivity contribution in [2.24, 2.45) is 0 Å². The predicted molar refractivity (Wildman–Crippen MR) is 172 cm³/mol. The molecule has 9 atom stereocenters. The Kier molecular flexibility index (Phi) is 22.7. The van der Waals surface area contributed by atoms with Gasteiger partial charge < -0.3 is 40.8 Å². The van der Waals surface area contributed by atoms with Crippen LogP contribution >= 0.6 is 7.82 Å². The molecule has 0 aromatic rings. The number of carbonyl (C=O) groups is 1. The fourth-order valence-electron chi connectivity index (χ4n) is 5.37.